The maximum Gasteiger partial charge on any atom is 0.288 e. The molecule has 0 aliphatic carbocycles. The van der Waals surface area contributed by atoms with E-state index in [0.717, 1.165) is 11.0 Å². The number of halogens is 1. The van der Waals surface area contributed by atoms with Crippen LogP contribution in [0.15, 0.2) is 36.7 Å². The van der Waals surface area contributed by atoms with E-state index in [-0.39, 0.29) is 5.82 Å². The molecular weight excluding hydrogens is 207 g/mol. The Morgan fingerprint density at radius 2 is 1.94 bits per heavy atom. The number of rotatable bonds is 1. The summed E-state index contributed by atoms with van der Waals surface area (Å²) in [7, 11) is 0. The highest BCUT2D eigenvalue weighted by Crippen LogP contribution is 2.18. The minimum absolute atomic E-state index is 0.272. The first-order valence-corrected chi connectivity index (χ1v) is 4.81. The van der Waals surface area contributed by atoms with Gasteiger partial charge in [0.15, 0.2) is 11.0 Å². The van der Waals surface area contributed by atoms with Crippen LogP contribution in [0.3, 0.4) is 0 Å². The summed E-state index contributed by atoms with van der Waals surface area (Å²) >= 11 is 0. The summed E-state index contributed by atoms with van der Waals surface area (Å²) in [5.41, 5.74) is 2.10. The fourth-order valence-corrected chi connectivity index (χ4v) is 1.62. The summed E-state index contributed by atoms with van der Waals surface area (Å²) in [4.78, 5) is 6.11. The summed E-state index contributed by atoms with van der Waals surface area (Å²) in [6, 6.07) is 6.57. The van der Waals surface area contributed by atoms with Crippen LogP contribution in [-0.4, -0.2) is 15.2 Å². The van der Waals surface area contributed by atoms with E-state index >= 15 is 0 Å². The predicted molar refractivity (Wildman–Crippen MR) is 55.8 cm³/mol. The molecule has 0 radical (unpaired) electrons. The van der Waals surface area contributed by atoms with Crippen molar-refractivity contribution in [2.75, 3.05) is 0 Å². The first kappa shape index (κ1) is 8.96. The van der Waals surface area contributed by atoms with Gasteiger partial charge in [0.25, 0.3) is 5.82 Å². The van der Waals surface area contributed by atoms with Gasteiger partial charge in [-0.3, -0.25) is 0 Å². The van der Waals surface area contributed by atoms with Crippen LogP contribution in [0.4, 0.5) is 4.39 Å². The van der Waals surface area contributed by atoms with Crippen LogP contribution in [0.1, 0.15) is 0 Å². The molecule has 0 aliphatic heterocycles. The lowest BCUT2D eigenvalue weighted by Crippen LogP contribution is -2.03. The van der Waals surface area contributed by atoms with Crippen molar-refractivity contribution in [3.05, 3.63) is 42.5 Å². The van der Waals surface area contributed by atoms with Gasteiger partial charge < -0.3 is 0 Å². The summed E-state index contributed by atoms with van der Waals surface area (Å²) < 4.78 is 13.5. The average Bonchev–Trinajstić information content (AvgIpc) is 2.73. The SMILES string of the molecule is Fc1ccccc1-c1[nH]c2cnncc2[nH+]1. The van der Waals surface area contributed by atoms with Gasteiger partial charge in [-0.05, 0) is 12.1 Å². The lowest BCUT2D eigenvalue weighted by molar-refractivity contribution is -0.330. The van der Waals surface area contributed by atoms with Crippen molar-refractivity contribution < 1.29 is 9.37 Å². The number of hydrogen-bond donors (Lipinski definition) is 1. The van der Waals surface area contributed by atoms with E-state index in [0.29, 0.717) is 11.4 Å². The zero-order chi connectivity index (χ0) is 11.0. The van der Waals surface area contributed by atoms with E-state index in [2.05, 4.69) is 20.2 Å². The lowest BCUT2D eigenvalue weighted by atomic mass is 10.2. The highest BCUT2D eigenvalue weighted by atomic mass is 19.1. The molecule has 0 bridgehead atoms. The second-order valence-corrected chi connectivity index (χ2v) is 3.42. The zero-order valence-electron chi connectivity index (χ0n) is 8.24. The van der Waals surface area contributed by atoms with Crippen molar-refractivity contribution in [2.45, 2.75) is 0 Å². The second kappa shape index (κ2) is 3.37. The average molecular weight is 215 g/mol. The van der Waals surface area contributed by atoms with Crippen LogP contribution in [0, 0.1) is 5.82 Å². The monoisotopic (exact) mass is 215 g/mol. The van der Waals surface area contributed by atoms with Gasteiger partial charge in [0.2, 0.25) is 0 Å². The van der Waals surface area contributed by atoms with Gasteiger partial charge in [-0.2, -0.15) is 10.2 Å². The second-order valence-electron chi connectivity index (χ2n) is 3.42. The fourth-order valence-electron chi connectivity index (χ4n) is 1.62. The molecule has 0 unspecified atom stereocenters. The van der Waals surface area contributed by atoms with Gasteiger partial charge >= 0.3 is 0 Å². The molecule has 1 aromatic carbocycles. The Bertz CT molecular complexity index is 614. The lowest BCUT2D eigenvalue weighted by Gasteiger charge is -1.92. The largest absolute Gasteiger partial charge is 0.288 e. The van der Waals surface area contributed by atoms with Crippen LogP contribution in [0.25, 0.3) is 22.4 Å². The fraction of sp³-hybridized carbons (Fsp3) is 0. The van der Waals surface area contributed by atoms with E-state index in [1.807, 2.05) is 0 Å². The molecule has 2 heterocycles. The molecule has 0 atom stereocenters. The van der Waals surface area contributed by atoms with E-state index < -0.39 is 0 Å². The number of fused-ring (bicyclic) bond motifs is 1. The standard InChI is InChI=1S/C11H7FN4/c12-8-4-2-1-3-7(8)11-15-9-5-13-14-6-10(9)16-11/h1-6H,(H,15,16)/p+1. The summed E-state index contributed by atoms with van der Waals surface area (Å²) in [6.45, 7) is 0. The van der Waals surface area contributed by atoms with E-state index in [1.165, 1.54) is 6.07 Å². The number of nitrogens with zero attached hydrogens (tertiary/aromatic N) is 2. The summed E-state index contributed by atoms with van der Waals surface area (Å²) in [5.74, 6) is 0.342. The normalized spacial score (nSPS) is 10.8. The quantitative estimate of drug-likeness (QED) is 0.670. The molecule has 4 nitrogen and oxygen atoms in total. The molecule has 5 heteroatoms. The Morgan fingerprint density at radius 1 is 1.12 bits per heavy atom. The number of H-pyrrole nitrogens is 2. The summed E-state index contributed by atoms with van der Waals surface area (Å²) in [5, 5.41) is 7.49. The first-order chi connectivity index (χ1) is 7.84. The Morgan fingerprint density at radius 3 is 2.75 bits per heavy atom. The third kappa shape index (κ3) is 1.33. The zero-order valence-corrected chi connectivity index (χ0v) is 8.24. The molecular formula is C11H8FN4+. The minimum atomic E-state index is -0.272. The van der Waals surface area contributed by atoms with Crippen LogP contribution in [-0.2, 0) is 0 Å². The van der Waals surface area contributed by atoms with Crippen molar-refractivity contribution in [3.8, 4) is 11.4 Å². The molecule has 0 spiro atoms. The van der Waals surface area contributed by atoms with Gasteiger partial charge in [-0.25, -0.2) is 14.4 Å². The molecule has 2 N–H and O–H groups in total. The molecule has 0 aliphatic rings. The van der Waals surface area contributed by atoms with Gasteiger partial charge in [0.05, 0.1) is 5.56 Å². The number of benzene rings is 1. The Balaban J connectivity index is 2.23. The van der Waals surface area contributed by atoms with E-state index in [1.54, 1.807) is 30.6 Å². The number of hydrogen-bond acceptors (Lipinski definition) is 2. The van der Waals surface area contributed by atoms with E-state index in [9.17, 15) is 4.39 Å². The molecule has 16 heavy (non-hydrogen) atoms. The Labute approximate surface area is 90.2 Å². The van der Waals surface area contributed by atoms with Gasteiger partial charge in [-0.1, -0.05) is 12.1 Å². The molecule has 3 rings (SSSR count). The molecule has 3 aromatic rings. The van der Waals surface area contributed by atoms with Crippen LogP contribution < -0.4 is 4.98 Å². The number of nitrogens with one attached hydrogen (secondary N) is 2. The van der Waals surface area contributed by atoms with Crippen molar-refractivity contribution in [1.29, 1.82) is 0 Å². The number of aromatic nitrogens is 4. The molecule has 2 aromatic heterocycles. The summed E-state index contributed by atoms with van der Waals surface area (Å²) in [6.07, 6.45) is 3.19. The molecule has 0 saturated heterocycles. The van der Waals surface area contributed by atoms with Crippen molar-refractivity contribution in [3.63, 3.8) is 0 Å². The maximum atomic E-state index is 13.5. The Kier molecular flexibility index (Phi) is 1.89. The van der Waals surface area contributed by atoms with Crippen molar-refractivity contribution >= 4 is 11.0 Å². The van der Waals surface area contributed by atoms with Gasteiger partial charge in [0.1, 0.15) is 18.2 Å². The molecule has 78 valence electrons. The minimum Gasteiger partial charge on any atom is -0.235 e. The predicted octanol–water partition coefficient (Wildman–Crippen LogP) is 1.58. The third-order valence-electron chi connectivity index (χ3n) is 2.39. The molecule has 0 saturated carbocycles. The highest BCUT2D eigenvalue weighted by Gasteiger charge is 2.15. The molecule has 0 amide bonds. The van der Waals surface area contributed by atoms with Crippen LogP contribution >= 0.6 is 0 Å². The van der Waals surface area contributed by atoms with Crippen molar-refractivity contribution in [2.24, 2.45) is 0 Å². The molecule has 0 fully saturated rings. The highest BCUT2D eigenvalue weighted by molar-refractivity contribution is 5.72. The van der Waals surface area contributed by atoms with Crippen LogP contribution in [0.5, 0.6) is 0 Å². The third-order valence-corrected chi connectivity index (χ3v) is 2.39. The van der Waals surface area contributed by atoms with Gasteiger partial charge in [0, 0.05) is 0 Å². The smallest absolute Gasteiger partial charge is 0.235 e. The van der Waals surface area contributed by atoms with Crippen LogP contribution in [0.2, 0.25) is 0 Å². The number of aromatic amines is 2. The maximum absolute atomic E-state index is 13.5. The number of imidazole rings is 1. The van der Waals surface area contributed by atoms with E-state index in [4.69, 9.17) is 0 Å². The van der Waals surface area contributed by atoms with Gasteiger partial charge in [-0.15, -0.1) is 0 Å². The first-order valence-electron chi connectivity index (χ1n) is 4.81. The Hall–Kier alpha value is -2.30. The topological polar surface area (TPSA) is 55.7 Å². The van der Waals surface area contributed by atoms with Crippen molar-refractivity contribution in [1.82, 2.24) is 15.2 Å².